The highest BCUT2D eigenvalue weighted by Gasteiger charge is 2.33. The van der Waals surface area contributed by atoms with Gasteiger partial charge in [0.15, 0.2) is 5.82 Å². The second-order valence-corrected chi connectivity index (χ2v) is 8.04. The molecule has 3 aromatic rings. The van der Waals surface area contributed by atoms with Gasteiger partial charge in [0.05, 0.1) is 23.5 Å². The zero-order chi connectivity index (χ0) is 23.2. The van der Waals surface area contributed by atoms with Gasteiger partial charge in [0.2, 0.25) is 11.8 Å². The lowest BCUT2D eigenvalue weighted by molar-refractivity contribution is -0.276. The number of ether oxygens (including phenoxy) is 1. The highest BCUT2D eigenvalue weighted by Crippen LogP contribution is 2.41. The number of pyridine rings is 2. The Bertz CT molecular complexity index is 1210. The zero-order valence-corrected chi connectivity index (χ0v) is 17.2. The maximum absolute atomic E-state index is 14.5. The van der Waals surface area contributed by atoms with Crippen molar-refractivity contribution < 1.29 is 31.5 Å². The fourth-order valence-electron chi connectivity index (χ4n) is 3.86. The molecule has 2 aliphatic rings. The summed E-state index contributed by atoms with van der Waals surface area (Å²) in [6.07, 6.45) is 1.17. The molecule has 11 heteroatoms. The van der Waals surface area contributed by atoms with Crippen LogP contribution >= 0.6 is 0 Å². The van der Waals surface area contributed by atoms with Gasteiger partial charge in [0.1, 0.15) is 5.76 Å². The molecule has 0 aliphatic heterocycles. The van der Waals surface area contributed by atoms with E-state index in [1.165, 1.54) is 6.07 Å². The largest absolute Gasteiger partial charge is 0.574 e. The Balaban J connectivity index is 1.38. The van der Waals surface area contributed by atoms with Crippen molar-refractivity contribution in [3.8, 4) is 17.3 Å². The van der Waals surface area contributed by atoms with Gasteiger partial charge in [-0.2, -0.15) is 0 Å². The molecule has 0 radical (unpaired) electrons. The van der Waals surface area contributed by atoms with Crippen LogP contribution in [0.25, 0.3) is 11.5 Å². The molecule has 1 unspecified atom stereocenters. The van der Waals surface area contributed by atoms with Gasteiger partial charge < -0.3 is 14.5 Å². The smallest absolute Gasteiger partial charge is 0.439 e. The minimum Gasteiger partial charge on any atom is -0.439 e. The number of nitrogens with one attached hydrogen (secondary N) is 1. The van der Waals surface area contributed by atoms with Gasteiger partial charge in [-0.05, 0) is 44.2 Å². The first-order valence-electron chi connectivity index (χ1n) is 10.4. The molecule has 1 amide bonds. The lowest BCUT2D eigenvalue weighted by Crippen LogP contribution is -2.30. The van der Waals surface area contributed by atoms with Crippen LogP contribution in [0.1, 0.15) is 65.1 Å². The van der Waals surface area contributed by atoms with Crippen molar-refractivity contribution >= 4 is 5.91 Å². The number of aryl methyl sites for hydroxylation is 1. The van der Waals surface area contributed by atoms with E-state index in [9.17, 15) is 22.4 Å². The van der Waals surface area contributed by atoms with Gasteiger partial charge in [0, 0.05) is 29.4 Å². The molecule has 0 spiro atoms. The molecule has 3 aromatic heterocycles. The normalized spacial score (nSPS) is 18.0. The third-order valence-electron chi connectivity index (χ3n) is 5.58. The number of rotatable bonds is 5. The first kappa shape index (κ1) is 21.4. The van der Waals surface area contributed by atoms with Gasteiger partial charge in [-0.15, -0.1) is 13.2 Å². The number of amides is 1. The minimum absolute atomic E-state index is 0.0506. The van der Waals surface area contributed by atoms with E-state index in [1.807, 2.05) is 0 Å². The average molecular weight is 462 g/mol. The fourth-order valence-corrected chi connectivity index (χ4v) is 3.86. The molecule has 0 bridgehead atoms. The first-order chi connectivity index (χ1) is 15.8. The summed E-state index contributed by atoms with van der Waals surface area (Å²) in [5.74, 6) is -1.05. The number of fused-ring (bicyclic) bond motifs is 1. The Morgan fingerprint density at radius 2 is 2.00 bits per heavy atom. The van der Waals surface area contributed by atoms with Gasteiger partial charge >= 0.3 is 6.36 Å². The van der Waals surface area contributed by atoms with Crippen molar-refractivity contribution in [2.45, 2.75) is 50.4 Å². The number of hydrogen-bond donors (Lipinski definition) is 1. The van der Waals surface area contributed by atoms with Crippen molar-refractivity contribution in [3.63, 3.8) is 0 Å². The highest BCUT2D eigenvalue weighted by molar-refractivity contribution is 5.94. The van der Waals surface area contributed by atoms with Crippen LogP contribution in [-0.4, -0.2) is 27.2 Å². The summed E-state index contributed by atoms with van der Waals surface area (Å²) in [6.45, 7) is 0. The molecule has 172 valence electrons. The van der Waals surface area contributed by atoms with Crippen LogP contribution in [0.4, 0.5) is 17.6 Å². The average Bonchev–Trinajstić information content (AvgIpc) is 3.51. The van der Waals surface area contributed by atoms with E-state index in [1.54, 1.807) is 6.07 Å². The fraction of sp³-hybridized carbons (Fsp3) is 0.364. The van der Waals surface area contributed by atoms with Gasteiger partial charge in [-0.25, -0.2) is 14.4 Å². The molecule has 5 rings (SSSR count). The van der Waals surface area contributed by atoms with Crippen LogP contribution in [0.2, 0.25) is 0 Å². The monoisotopic (exact) mass is 462 g/mol. The summed E-state index contributed by atoms with van der Waals surface area (Å²) in [5, 5.41) is 2.76. The van der Waals surface area contributed by atoms with Crippen molar-refractivity contribution in [2.75, 3.05) is 0 Å². The van der Waals surface area contributed by atoms with E-state index in [4.69, 9.17) is 4.42 Å². The minimum atomic E-state index is -4.92. The number of alkyl halides is 3. The van der Waals surface area contributed by atoms with E-state index in [-0.39, 0.29) is 17.0 Å². The maximum Gasteiger partial charge on any atom is 0.574 e. The molecule has 1 atom stereocenters. The summed E-state index contributed by atoms with van der Waals surface area (Å²) >= 11 is 0. The topological polar surface area (TPSA) is 90.1 Å². The number of carbonyl (C=O) groups is 1. The van der Waals surface area contributed by atoms with Crippen LogP contribution < -0.4 is 10.1 Å². The number of hydrogen-bond acceptors (Lipinski definition) is 6. The van der Waals surface area contributed by atoms with E-state index >= 15 is 0 Å². The van der Waals surface area contributed by atoms with Crippen molar-refractivity contribution in [2.24, 2.45) is 0 Å². The van der Waals surface area contributed by atoms with Gasteiger partial charge in [-0.1, -0.05) is 0 Å². The Morgan fingerprint density at radius 1 is 1.18 bits per heavy atom. The summed E-state index contributed by atoms with van der Waals surface area (Å²) in [5.41, 5.74) is 1.57. The molecule has 1 fully saturated rings. The first-order valence-corrected chi connectivity index (χ1v) is 10.4. The summed E-state index contributed by atoms with van der Waals surface area (Å²) in [4.78, 5) is 24.7. The SMILES string of the molecule is O=C(NC1CCCc2nc(-c3cc(C4CC4)ncc3F)oc21)c1ccnc(OC(F)(F)F)c1. The Labute approximate surface area is 185 Å². The van der Waals surface area contributed by atoms with Crippen LogP contribution in [-0.2, 0) is 6.42 Å². The Hall–Kier alpha value is -3.50. The van der Waals surface area contributed by atoms with Gasteiger partial charge in [-0.3, -0.25) is 9.78 Å². The lowest BCUT2D eigenvalue weighted by Gasteiger charge is -2.21. The lowest BCUT2D eigenvalue weighted by atomic mass is 9.97. The molecule has 1 saturated carbocycles. The highest BCUT2D eigenvalue weighted by atomic mass is 19.4. The standard InChI is InChI=1S/C22H18F4N4O3/c23-14-10-28-17(11-4-5-11)9-13(14)21-30-16-3-1-2-15(19(16)32-21)29-20(31)12-6-7-27-18(8-12)33-22(24,25)26/h6-11,15H,1-5H2,(H,29,31). The number of nitrogens with zero attached hydrogens (tertiary/aromatic N) is 3. The Kier molecular flexibility index (Phi) is 5.26. The molecule has 0 aromatic carbocycles. The molecule has 33 heavy (non-hydrogen) atoms. The van der Waals surface area contributed by atoms with Gasteiger partial charge in [0.25, 0.3) is 5.91 Å². The second-order valence-electron chi connectivity index (χ2n) is 8.04. The molecule has 0 saturated heterocycles. The van der Waals surface area contributed by atoms with Crippen LogP contribution in [0.15, 0.2) is 35.0 Å². The van der Waals surface area contributed by atoms with Crippen molar-refractivity contribution in [3.05, 3.63) is 59.1 Å². The van der Waals surface area contributed by atoms with Crippen LogP contribution in [0.3, 0.4) is 0 Å². The summed E-state index contributed by atoms with van der Waals surface area (Å²) < 4.78 is 61.4. The number of aromatic nitrogens is 3. The molecule has 2 aliphatic carbocycles. The van der Waals surface area contributed by atoms with E-state index in [0.717, 1.165) is 37.0 Å². The van der Waals surface area contributed by atoms with Crippen molar-refractivity contribution in [1.82, 2.24) is 20.3 Å². The third-order valence-corrected chi connectivity index (χ3v) is 5.58. The number of oxazole rings is 1. The predicted octanol–water partition coefficient (Wildman–Crippen LogP) is 4.85. The Morgan fingerprint density at radius 3 is 2.76 bits per heavy atom. The zero-order valence-electron chi connectivity index (χ0n) is 17.2. The van der Waals surface area contributed by atoms with Crippen LogP contribution in [0.5, 0.6) is 5.88 Å². The van der Waals surface area contributed by atoms with E-state index < -0.39 is 30.0 Å². The summed E-state index contributed by atoms with van der Waals surface area (Å²) in [7, 11) is 0. The molecular formula is C22H18F4N4O3. The maximum atomic E-state index is 14.5. The number of carbonyl (C=O) groups excluding carboxylic acids is 1. The van der Waals surface area contributed by atoms with Crippen molar-refractivity contribution in [1.29, 1.82) is 0 Å². The predicted molar refractivity (Wildman–Crippen MR) is 106 cm³/mol. The quantitative estimate of drug-likeness (QED) is 0.545. The van der Waals surface area contributed by atoms with E-state index in [0.29, 0.717) is 36.6 Å². The molecule has 7 nitrogen and oxygen atoms in total. The van der Waals surface area contributed by atoms with Crippen LogP contribution in [0, 0.1) is 5.82 Å². The van der Waals surface area contributed by atoms with E-state index in [2.05, 4.69) is 25.0 Å². The second kappa shape index (κ2) is 8.13. The molecular weight excluding hydrogens is 444 g/mol. The number of halogens is 4. The molecule has 1 N–H and O–H groups in total. The third kappa shape index (κ3) is 4.67. The molecule has 3 heterocycles. The summed E-state index contributed by atoms with van der Waals surface area (Å²) in [6, 6.07) is 3.27.